The Balaban J connectivity index is 4.85. The van der Waals surface area contributed by atoms with Crippen molar-refractivity contribution in [2.75, 3.05) is 13.7 Å². The number of nitrogens with two attached hydrogens (primary N) is 1. The largest absolute Gasteiger partial charge is 0.467 e. The van der Waals surface area contributed by atoms with Crippen molar-refractivity contribution >= 4 is 18.0 Å². The van der Waals surface area contributed by atoms with Crippen LogP contribution in [0.4, 0.5) is 4.79 Å². The second kappa shape index (κ2) is 9.93. The van der Waals surface area contributed by atoms with E-state index in [9.17, 15) is 19.7 Å². The van der Waals surface area contributed by atoms with Gasteiger partial charge in [0, 0.05) is 6.54 Å². The Morgan fingerprint density at radius 1 is 1.26 bits per heavy atom. The number of carbonyl (C=O) groups is 2. The predicted molar refractivity (Wildman–Crippen MR) is 99.5 cm³/mol. The van der Waals surface area contributed by atoms with E-state index in [1.165, 1.54) is 7.11 Å². The molecule has 0 aromatic heterocycles. The van der Waals surface area contributed by atoms with Crippen molar-refractivity contribution in [3.63, 3.8) is 0 Å². The molecule has 27 heavy (non-hydrogen) atoms. The van der Waals surface area contributed by atoms with Crippen LogP contribution in [0.25, 0.3) is 0 Å². The molecule has 0 saturated carbocycles. The lowest BCUT2D eigenvalue weighted by molar-refractivity contribution is -0.678. The van der Waals surface area contributed by atoms with E-state index >= 15 is 0 Å². The van der Waals surface area contributed by atoms with Gasteiger partial charge in [0.1, 0.15) is 5.60 Å². The number of guanidine groups is 1. The number of ether oxygens (including phenoxy) is 2. The highest BCUT2D eigenvalue weighted by molar-refractivity contribution is 5.92. The number of rotatable bonds is 7. The molecule has 0 fully saturated rings. The van der Waals surface area contributed by atoms with Crippen LogP contribution in [-0.2, 0) is 14.3 Å². The Bertz CT molecular complexity index is 565. The lowest BCUT2D eigenvalue weighted by atomic mass is 10.0. The average Bonchev–Trinajstić information content (AvgIpc) is 2.45. The molecule has 0 aliphatic heterocycles. The molecule has 0 aliphatic rings. The zero-order chi connectivity index (χ0) is 21.4. The molecule has 0 aromatic rings. The second-order valence-electron chi connectivity index (χ2n) is 7.83. The van der Waals surface area contributed by atoms with E-state index in [1.54, 1.807) is 41.5 Å². The quantitative estimate of drug-likeness (QED) is 0.166. The molecule has 0 spiro atoms. The van der Waals surface area contributed by atoms with Gasteiger partial charge >= 0.3 is 12.1 Å². The summed E-state index contributed by atoms with van der Waals surface area (Å²) in [6, 6.07) is -1.07. The van der Waals surface area contributed by atoms with Crippen molar-refractivity contribution in [2.45, 2.75) is 71.6 Å². The molecule has 156 valence electrons. The van der Waals surface area contributed by atoms with Crippen LogP contribution >= 0.6 is 0 Å². The van der Waals surface area contributed by atoms with Crippen LogP contribution in [-0.4, -0.2) is 58.9 Å². The van der Waals surface area contributed by atoms with Crippen LogP contribution in [0.3, 0.4) is 0 Å². The van der Waals surface area contributed by atoms with Gasteiger partial charge in [0.15, 0.2) is 17.0 Å². The topological polar surface area (TPSA) is 149 Å². The molecule has 0 bridgehead atoms. The minimum absolute atomic E-state index is 0.133. The third-order valence-electron chi connectivity index (χ3n) is 3.18. The van der Waals surface area contributed by atoms with Crippen LogP contribution in [0, 0.1) is 10.1 Å². The van der Waals surface area contributed by atoms with Crippen molar-refractivity contribution in [1.82, 2.24) is 10.3 Å². The van der Waals surface area contributed by atoms with Gasteiger partial charge in [0.2, 0.25) is 0 Å². The summed E-state index contributed by atoms with van der Waals surface area (Å²) in [6.45, 7) is 10.2. The van der Waals surface area contributed by atoms with Gasteiger partial charge in [-0.2, -0.15) is 0 Å². The molecule has 1 amide bonds. The van der Waals surface area contributed by atoms with E-state index in [1.807, 2.05) is 0 Å². The number of esters is 1. The summed E-state index contributed by atoms with van der Waals surface area (Å²) in [5.74, 6) is -0.841. The average molecular weight is 389 g/mol. The molecule has 0 radical (unpaired) electrons. The number of carbonyl (C=O) groups excluding carboxylic acids is 2. The summed E-state index contributed by atoms with van der Waals surface area (Å²) in [6.07, 6.45) is -0.283. The van der Waals surface area contributed by atoms with Crippen LogP contribution in [0.2, 0.25) is 0 Å². The number of amides is 1. The molecular weight excluding hydrogens is 358 g/mol. The fourth-order valence-electron chi connectivity index (χ4n) is 2.23. The van der Waals surface area contributed by atoms with Gasteiger partial charge in [-0.25, -0.2) is 19.7 Å². The zero-order valence-electron chi connectivity index (χ0n) is 17.1. The van der Waals surface area contributed by atoms with E-state index in [4.69, 9.17) is 15.2 Å². The second-order valence-corrected chi connectivity index (χ2v) is 7.83. The van der Waals surface area contributed by atoms with E-state index in [0.717, 1.165) is 5.01 Å². The number of nitro groups is 1. The zero-order valence-corrected chi connectivity index (χ0v) is 17.1. The third-order valence-corrected chi connectivity index (χ3v) is 3.18. The van der Waals surface area contributed by atoms with Crippen molar-refractivity contribution in [3.05, 3.63) is 10.1 Å². The standard InChI is InChI=1S/C16H31N5O6/c1-15(2,3)20(21(24)25)11(12(22)26-7)9-8-10-18-13(17)19-14(23)27-16(4,5)6/h11H,8-10H2,1-7H3,(H3,17,18,19,23)/t11-/m0/s1. The highest BCUT2D eigenvalue weighted by Gasteiger charge is 2.41. The van der Waals surface area contributed by atoms with Gasteiger partial charge in [-0.3, -0.25) is 10.3 Å². The summed E-state index contributed by atoms with van der Waals surface area (Å²) in [7, 11) is 1.18. The van der Waals surface area contributed by atoms with E-state index in [-0.39, 0.29) is 18.9 Å². The molecule has 0 aromatic carbocycles. The third kappa shape index (κ3) is 9.61. The Labute approximate surface area is 159 Å². The number of nitrogens with one attached hydrogen (secondary N) is 1. The lowest BCUT2D eigenvalue weighted by Gasteiger charge is -2.32. The van der Waals surface area contributed by atoms with Crippen molar-refractivity contribution in [2.24, 2.45) is 10.7 Å². The van der Waals surface area contributed by atoms with Gasteiger partial charge in [-0.05, 0) is 54.4 Å². The molecule has 0 aliphatic carbocycles. The first-order chi connectivity index (χ1) is 12.2. The Morgan fingerprint density at radius 2 is 1.81 bits per heavy atom. The Hall–Kier alpha value is -2.59. The molecule has 0 saturated heterocycles. The monoisotopic (exact) mass is 389 g/mol. The Morgan fingerprint density at radius 3 is 2.22 bits per heavy atom. The van der Waals surface area contributed by atoms with Crippen molar-refractivity contribution in [1.29, 1.82) is 0 Å². The molecule has 0 heterocycles. The number of hydrazine groups is 1. The van der Waals surface area contributed by atoms with Gasteiger partial charge in [-0.15, -0.1) is 5.01 Å². The first kappa shape index (κ1) is 24.4. The predicted octanol–water partition coefficient (Wildman–Crippen LogP) is 1.44. The smallest absolute Gasteiger partial charge is 0.414 e. The van der Waals surface area contributed by atoms with Gasteiger partial charge < -0.3 is 15.2 Å². The number of hydrogen-bond donors (Lipinski definition) is 2. The molecule has 11 nitrogen and oxygen atoms in total. The Kier molecular flexibility index (Phi) is 8.98. The highest BCUT2D eigenvalue weighted by atomic mass is 16.7. The molecule has 0 rings (SSSR count). The maximum absolute atomic E-state index is 12.0. The van der Waals surface area contributed by atoms with Gasteiger partial charge in [0.25, 0.3) is 0 Å². The number of nitrogens with zero attached hydrogens (tertiary/aromatic N) is 3. The number of alkyl carbamates (subject to hydrolysis) is 1. The van der Waals surface area contributed by atoms with Crippen LogP contribution < -0.4 is 11.1 Å². The molecule has 3 N–H and O–H groups in total. The number of aliphatic imine (C=N–C) groups is 1. The van der Waals surface area contributed by atoms with Crippen LogP contribution in [0.15, 0.2) is 4.99 Å². The van der Waals surface area contributed by atoms with Crippen LogP contribution in [0.5, 0.6) is 0 Å². The first-order valence-corrected chi connectivity index (χ1v) is 8.50. The van der Waals surface area contributed by atoms with Gasteiger partial charge in [0.05, 0.1) is 12.6 Å². The number of methoxy groups -OCH3 is 1. The lowest BCUT2D eigenvalue weighted by Crippen LogP contribution is -2.54. The van der Waals surface area contributed by atoms with E-state index in [2.05, 4.69) is 10.3 Å². The maximum Gasteiger partial charge on any atom is 0.414 e. The summed E-state index contributed by atoms with van der Waals surface area (Å²) in [4.78, 5) is 38.9. The summed E-state index contributed by atoms with van der Waals surface area (Å²) >= 11 is 0. The van der Waals surface area contributed by atoms with E-state index < -0.39 is 34.3 Å². The van der Waals surface area contributed by atoms with Gasteiger partial charge in [-0.1, -0.05) is 0 Å². The summed E-state index contributed by atoms with van der Waals surface area (Å²) in [5.41, 5.74) is 4.05. The molecule has 11 heteroatoms. The minimum Gasteiger partial charge on any atom is -0.467 e. The van der Waals surface area contributed by atoms with Crippen molar-refractivity contribution in [3.8, 4) is 0 Å². The van der Waals surface area contributed by atoms with Crippen molar-refractivity contribution < 1.29 is 24.1 Å². The van der Waals surface area contributed by atoms with E-state index in [0.29, 0.717) is 6.42 Å². The molecule has 0 unspecified atom stereocenters. The van der Waals surface area contributed by atoms with Crippen LogP contribution in [0.1, 0.15) is 54.4 Å². The minimum atomic E-state index is -1.07. The fourth-order valence-corrected chi connectivity index (χ4v) is 2.23. The number of hydrogen-bond acceptors (Lipinski definition) is 7. The maximum atomic E-state index is 12.0. The fraction of sp³-hybridized carbons (Fsp3) is 0.812. The molecule has 1 atom stereocenters. The normalized spacial score (nSPS) is 13.5. The first-order valence-electron chi connectivity index (χ1n) is 8.50. The SMILES string of the molecule is COC(=O)[C@H](CCCN=C(N)NC(=O)OC(C)(C)C)N([N+](=O)[O-])C(C)(C)C. The summed E-state index contributed by atoms with van der Waals surface area (Å²) < 4.78 is 9.74. The molecular formula is C16H31N5O6. The highest BCUT2D eigenvalue weighted by Crippen LogP contribution is 2.21. The summed E-state index contributed by atoms with van der Waals surface area (Å²) in [5, 5.41) is 13.9.